The van der Waals surface area contributed by atoms with E-state index in [1.165, 1.54) is 33.2 Å². The summed E-state index contributed by atoms with van der Waals surface area (Å²) < 4.78 is 6.40. The largest absolute Gasteiger partial charge is 0.454 e. The van der Waals surface area contributed by atoms with Crippen LogP contribution in [0, 0.1) is 6.92 Å². The summed E-state index contributed by atoms with van der Waals surface area (Å²) in [6, 6.07) is 22.1. The number of hydrogen-bond acceptors (Lipinski definition) is 3. The van der Waals surface area contributed by atoms with Crippen molar-refractivity contribution in [3.05, 3.63) is 77.4 Å². The molecule has 6 rings (SSSR count). The lowest BCUT2D eigenvalue weighted by atomic mass is 9.96. The van der Waals surface area contributed by atoms with Crippen molar-refractivity contribution in [2.75, 3.05) is 11.4 Å². The topological polar surface area (TPSA) is 19.6 Å². The number of furan rings is 1. The lowest BCUT2D eigenvalue weighted by Gasteiger charge is -2.31. The number of anilines is 1. The van der Waals surface area contributed by atoms with Gasteiger partial charge in [-0.05, 0) is 36.6 Å². The molecule has 3 atom stereocenters. The Labute approximate surface area is 158 Å². The van der Waals surface area contributed by atoms with Crippen molar-refractivity contribution < 1.29 is 4.42 Å². The number of rotatable bonds is 1. The molecule has 1 aromatic heterocycles. The fourth-order valence-corrected chi connectivity index (χ4v) is 5.10. The SMILES string of the molecule is Cc1ccc2c(oc3ccccc32)c1N1C2CN(Cc3ccccc32)[C@@H]1C. The highest BCUT2D eigenvalue weighted by molar-refractivity contribution is 6.09. The average Bonchev–Trinajstić information content (AvgIpc) is 3.19. The molecule has 27 heavy (non-hydrogen) atoms. The number of nitrogens with zero attached hydrogens (tertiary/aromatic N) is 2. The molecule has 4 aromatic rings. The monoisotopic (exact) mass is 354 g/mol. The number of hydrogen-bond donors (Lipinski definition) is 0. The zero-order valence-electron chi connectivity index (χ0n) is 15.6. The van der Waals surface area contributed by atoms with Gasteiger partial charge in [0.25, 0.3) is 0 Å². The van der Waals surface area contributed by atoms with Crippen molar-refractivity contribution in [2.24, 2.45) is 0 Å². The molecule has 2 unspecified atom stereocenters. The van der Waals surface area contributed by atoms with E-state index in [1.807, 2.05) is 6.07 Å². The van der Waals surface area contributed by atoms with Crippen LogP contribution in [0.5, 0.6) is 0 Å². The van der Waals surface area contributed by atoms with Crippen molar-refractivity contribution in [3.8, 4) is 0 Å². The van der Waals surface area contributed by atoms with E-state index in [4.69, 9.17) is 4.42 Å². The Balaban J connectivity index is 1.63. The van der Waals surface area contributed by atoms with Crippen LogP contribution >= 0.6 is 0 Å². The normalized spacial score (nSPS) is 23.9. The van der Waals surface area contributed by atoms with Gasteiger partial charge in [0.1, 0.15) is 5.58 Å². The van der Waals surface area contributed by atoms with E-state index in [2.05, 4.69) is 78.2 Å². The summed E-state index contributed by atoms with van der Waals surface area (Å²) in [6.45, 7) is 6.64. The van der Waals surface area contributed by atoms with E-state index < -0.39 is 0 Å². The zero-order valence-corrected chi connectivity index (χ0v) is 15.6. The summed E-state index contributed by atoms with van der Waals surface area (Å²) in [5.41, 5.74) is 7.44. The summed E-state index contributed by atoms with van der Waals surface area (Å²) in [5.74, 6) is 0. The Morgan fingerprint density at radius 2 is 1.74 bits per heavy atom. The third-order valence-electron chi connectivity index (χ3n) is 6.44. The predicted octanol–water partition coefficient (Wildman–Crippen LogP) is 5.62. The molecule has 0 radical (unpaired) electrons. The molecule has 2 aliphatic heterocycles. The van der Waals surface area contributed by atoms with Crippen LogP contribution in [0.2, 0.25) is 0 Å². The first kappa shape index (κ1) is 15.3. The van der Waals surface area contributed by atoms with Gasteiger partial charge in [-0.3, -0.25) is 4.90 Å². The summed E-state index contributed by atoms with van der Waals surface area (Å²) in [5, 5.41) is 2.41. The predicted molar refractivity (Wildman–Crippen MR) is 110 cm³/mol. The summed E-state index contributed by atoms with van der Waals surface area (Å²) in [6.07, 6.45) is 0.347. The van der Waals surface area contributed by atoms with Gasteiger partial charge in [0, 0.05) is 23.9 Å². The third kappa shape index (κ3) is 2.00. The van der Waals surface area contributed by atoms with Crippen LogP contribution in [0.1, 0.15) is 29.7 Å². The van der Waals surface area contributed by atoms with Crippen molar-refractivity contribution in [2.45, 2.75) is 32.6 Å². The zero-order chi connectivity index (χ0) is 18.1. The maximum Gasteiger partial charge on any atom is 0.159 e. The second-order valence-electron chi connectivity index (χ2n) is 7.89. The van der Waals surface area contributed by atoms with Gasteiger partial charge in [0.05, 0.1) is 17.9 Å². The van der Waals surface area contributed by atoms with Crippen molar-refractivity contribution in [3.63, 3.8) is 0 Å². The molecule has 0 aliphatic carbocycles. The summed E-state index contributed by atoms with van der Waals surface area (Å²) in [4.78, 5) is 5.17. The van der Waals surface area contributed by atoms with Crippen LogP contribution in [-0.4, -0.2) is 17.6 Å². The number of fused-ring (bicyclic) bond motifs is 7. The molecule has 134 valence electrons. The number of para-hydroxylation sites is 1. The summed E-state index contributed by atoms with van der Waals surface area (Å²) in [7, 11) is 0. The van der Waals surface area contributed by atoms with Crippen molar-refractivity contribution in [1.82, 2.24) is 4.90 Å². The van der Waals surface area contributed by atoms with Crippen molar-refractivity contribution >= 4 is 27.6 Å². The van der Waals surface area contributed by atoms with Gasteiger partial charge in [-0.1, -0.05) is 54.6 Å². The molecule has 3 aromatic carbocycles. The standard InChI is InChI=1S/C24H22N2O/c1-15-11-12-20-19-9-5-6-10-22(19)27-24(20)23(15)26-16(2)25-13-17-7-3-4-8-18(17)21(26)14-25/h3-12,16,21H,13-14H2,1-2H3/t16-,21?/m0/s1. The van der Waals surface area contributed by atoms with Crippen LogP contribution < -0.4 is 4.90 Å². The lowest BCUT2D eigenvalue weighted by Crippen LogP contribution is -2.35. The van der Waals surface area contributed by atoms with Crippen LogP contribution in [-0.2, 0) is 6.54 Å². The molecular weight excluding hydrogens is 332 g/mol. The maximum atomic E-state index is 6.40. The Morgan fingerprint density at radius 3 is 2.67 bits per heavy atom. The van der Waals surface area contributed by atoms with E-state index in [0.29, 0.717) is 12.2 Å². The second kappa shape index (κ2) is 5.37. The number of benzene rings is 3. The van der Waals surface area contributed by atoms with E-state index >= 15 is 0 Å². The molecule has 3 heteroatoms. The van der Waals surface area contributed by atoms with E-state index in [1.54, 1.807) is 0 Å². The van der Waals surface area contributed by atoms with E-state index in [9.17, 15) is 0 Å². The van der Waals surface area contributed by atoms with Gasteiger partial charge in [-0.2, -0.15) is 0 Å². The van der Waals surface area contributed by atoms with Crippen molar-refractivity contribution in [1.29, 1.82) is 0 Å². The molecule has 3 heterocycles. The molecule has 0 spiro atoms. The molecule has 2 bridgehead atoms. The number of aryl methyl sites for hydroxylation is 1. The first-order valence-electron chi connectivity index (χ1n) is 9.73. The molecule has 1 saturated heterocycles. The Bertz CT molecular complexity index is 1190. The highest BCUT2D eigenvalue weighted by Gasteiger charge is 2.43. The highest BCUT2D eigenvalue weighted by atomic mass is 16.3. The fraction of sp³-hybridized carbons (Fsp3) is 0.250. The van der Waals surface area contributed by atoms with Gasteiger partial charge in [0.15, 0.2) is 5.58 Å². The Morgan fingerprint density at radius 1 is 0.926 bits per heavy atom. The van der Waals surface area contributed by atoms with Crippen LogP contribution in [0.15, 0.2) is 65.1 Å². The van der Waals surface area contributed by atoms with Gasteiger partial charge >= 0.3 is 0 Å². The highest BCUT2D eigenvalue weighted by Crippen LogP contribution is 2.47. The summed E-state index contributed by atoms with van der Waals surface area (Å²) >= 11 is 0. The third-order valence-corrected chi connectivity index (χ3v) is 6.44. The minimum Gasteiger partial charge on any atom is -0.454 e. The molecule has 0 saturated carbocycles. The van der Waals surface area contributed by atoms with Gasteiger partial charge in [-0.25, -0.2) is 0 Å². The smallest absolute Gasteiger partial charge is 0.159 e. The molecule has 1 fully saturated rings. The first-order valence-corrected chi connectivity index (χ1v) is 9.73. The molecule has 3 nitrogen and oxygen atoms in total. The second-order valence-corrected chi connectivity index (χ2v) is 7.89. The van der Waals surface area contributed by atoms with Crippen LogP contribution in [0.4, 0.5) is 5.69 Å². The van der Waals surface area contributed by atoms with Gasteiger partial charge in [-0.15, -0.1) is 0 Å². The average molecular weight is 354 g/mol. The Kier molecular flexibility index (Phi) is 3.04. The molecule has 0 amide bonds. The van der Waals surface area contributed by atoms with Gasteiger partial charge in [0.2, 0.25) is 0 Å². The van der Waals surface area contributed by atoms with Gasteiger partial charge < -0.3 is 9.32 Å². The van der Waals surface area contributed by atoms with E-state index in [-0.39, 0.29) is 0 Å². The maximum absolute atomic E-state index is 6.40. The quantitative estimate of drug-likeness (QED) is 0.442. The Hall–Kier alpha value is -2.78. The van der Waals surface area contributed by atoms with E-state index in [0.717, 1.165) is 24.3 Å². The van der Waals surface area contributed by atoms with Crippen LogP contribution in [0.3, 0.4) is 0 Å². The lowest BCUT2D eigenvalue weighted by molar-refractivity contribution is 0.252. The molecular formula is C24H22N2O. The van der Waals surface area contributed by atoms with Crippen LogP contribution in [0.25, 0.3) is 21.9 Å². The minimum atomic E-state index is 0.347. The minimum absolute atomic E-state index is 0.347. The fourth-order valence-electron chi connectivity index (χ4n) is 5.10. The molecule has 2 aliphatic rings. The molecule has 0 N–H and O–H groups in total. The first-order chi connectivity index (χ1) is 13.2.